The number of nitrogens with zero attached hydrogens (tertiary/aromatic N) is 1. The highest BCUT2D eigenvalue weighted by Crippen LogP contribution is 2.32. The summed E-state index contributed by atoms with van der Waals surface area (Å²) in [6.07, 6.45) is 1.46. The summed E-state index contributed by atoms with van der Waals surface area (Å²) in [6.45, 7) is 1.67. The van der Waals surface area contributed by atoms with Gasteiger partial charge in [0.05, 0.1) is 19.9 Å². The Morgan fingerprint density at radius 1 is 1.35 bits per heavy atom. The summed E-state index contributed by atoms with van der Waals surface area (Å²) in [7, 11) is 1.52. The van der Waals surface area contributed by atoms with E-state index in [1.807, 2.05) is 0 Å². The zero-order valence-corrected chi connectivity index (χ0v) is 13.4. The van der Waals surface area contributed by atoms with E-state index >= 15 is 0 Å². The van der Waals surface area contributed by atoms with Crippen molar-refractivity contribution < 1.29 is 18.7 Å². The molecule has 0 bridgehead atoms. The van der Waals surface area contributed by atoms with E-state index < -0.39 is 11.6 Å². The molecule has 0 radical (unpaired) electrons. The van der Waals surface area contributed by atoms with Crippen LogP contribution in [0.5, 0.6) is 5.75 Å². The lowest BCUT2D eigenvalue weighted by atomic mass is 9.99. The molecule has 1 fully saturated rings. The van der Waals surface area contributed by atoms with Crippen molar-refractivity contribution in [3.63, 3.8) is 0 Å². The Morgan fingerprint density at radius 2 is 2.13 bits per heavy atom. The molecular weight excluding hydrogens is 320 g/mol. The third-order valence-electron chi connectivity index (χ3n) is 3.86. The van der Waals surface area contributed by atoms with Crippen molar-refractivity contribution in [2.45, 2.75) is 19.0 Å². The van der Waals surface area contributed by atoms with E-state index in [4.69, 9.17) is 20.8 Å². The molecule has 1 aliphatic heterocycles. The Hall–Kier alpha value is -2.47. The van der Waals surface area contributed by atoms with Gasteiger partial charge in [-0.25, -0.2) is 4.79 Å². The van der Waals surface area contributed by atoms with Crippen molar-refractivity contribution in [1.82, 2.24) is 10.2 Å². The lowest BCUT2D eigenvalue weighted by Crippen LogP contribution is -2.40. The van der Waals surface area contributed by atoms with Crippen LogP contribution in [0.4, 0.5) is 4.79 Å². The largest absolute Gasteiger partial charge is 0.496 e. The molecule has 1 saturated heterocycles. The van der Waals surface area contributed by atoms with Crippen LogP contribution < -0.4 is 10.1 Å². The predicted molar refractivity (Wildman–Crippen MR) is 83.1 cm³/mol. The van der Waals surface area contributed by atoms with Crippen LogP contribution in [0, 0.1) is 0 Å². The average molecular weight is 335 g/mol. The number of methoxy groups -OCH3 is 1. The van der Waals surface area contributed by atoms with Gasteiger partial charge in [-0.3, -0.25) is 9.69 Å². The molecule has 1 aliphatic rings. The summed E-state index contributed by atoms with van der Waals surface area (Å²) in [5.41, 5.74) is -0.570. The van der Waals surface area contributed by atoms with Crippen molar-refractivity contribution in [3.8, 4) is 5.75 Å². The lowest BCUT2D eigenvalue weighted by molar-refractivity contribution is -0.132. The number of carbonyl (C=O) groups excluding carboxylic acids is 2. The van der Waals surface area contributed by atoms with Gasteiger partial charge in [-0.15, -0.1) is 0 Å². The fourth-order valence-electron chi connectivity index (χ4n) is 2.61. The van der Waals surface area contributed by atoms with Crippen LogP contribution in [0.2, 0.25) is 5.02 Å². The Balaban J connectivity index is 1.91. The molecule has 6 nitrogen and oxygen atoms in total. The van der Waals surface area contributed by atoms with E-state index in [0.29, 0.717) is 22.1 Å². The smallest absolute Gasteiger partial charge is 0.325 e. The summed E-state index contributed by atoms with van der Waals surface area (Å²) >= 11 is 5.99. The first-order valence-corrected chi connectivity index (χ1v) is 7.34. The summed E-state index contributed by atoms with van der Waals surface area (Å²) < 4.78 is 10.6. The maximum atomic E-state index is 12.7. The van der Waals surface area contributed by atoms with Crippen LogP contribution in [0.25, 0.3) is 0 Å². The molecule has 1 N–H and O–H groups in total. The molecule has 0 saturated carbocycles. The molecule has 2 aromatic rings. The van der Waals surface area contributed by atoms with Gasteiger partial charge in [-0.1, -0.05) is 11.6 Å². The first kappa shape index (κ1) is 15.4. The number of hydrogen-bond donors (Lipinski definition) is 1. The highest BCUT2D eigenvalue weighted by molar-refractivity contribution is 6.30. The average Bonchev–Trinajstić information content (AvgIpc) is 3.12. The third kappa shape index (κ3) is 2.55. The van der Waals surface area contributed by atoms with Gasteiger partial charge in [0, 0.05) is 10.6 Å². The van der Waals surface area contributed by atoms with Crippen molar-refractivity contribution in [1.29, 1.82) is 0 Å². The summed E-state index contributed by atoms with van der Waals surface area (Å²) in [6, 6.07) is 7.88. The Labute approximate surface area is 138 Å². The van der Waals surface area contributed by atoms with Crippen LogP contribution in [-0.4, -0.2) is 23.9 Å². The molecule has 1 aromatic heterocycles. The van der Waals surface area contributed by atoms with Crippen LogP contribution >= 0.6 is 11.6 Å². The number of furan rings is 1. The van der Waals surface area contributed by atoms with Gasteiger partial charge in [0.25, 0.3) is 5.91 Å². The number of nitrogens with one attached hydrogen (secondary N) is 1. The van der Waals surface area contributed by atoms with Gasteiger partial charge in [0.2, 0.25) is 0 Å². The Bertz CT molecular complexity index is 759. The molecule has 0 spiro atoms. The first-order valence-electron chi connectivity index (χ1n) is 6.96. The Morgan fingerprint density at radius 3 is 2.78 bits per heavy atom. The molecular formula is C16H15ClN2O4. The first-order chi connectivity index (χ1) is 11.0. The van der Waals surface area contributed by atoms with E-state index in [1.165, 1.54) is 13.4 Å². The fourth-order valence-corrected chi connectivity index (χ4v) is 2.81. The van der Waals surface area contributed by atoms with Crippen molar-refractivity contribution in [2.75, 3.05) is 7.11 Å². The normalized spacial score (nSPS) is 20.7. The molecule has 23 heavy (non-hydrogen) atoms. The zero-order valence-electron chi connectivity index (χ0n) is 12.6. The summed E-state index contributed by atoms with van der Waals surface area (Å²) in [5.74, 6) is 0.553. The summed E-state index contributed by atoms with van der Waals surface area (Å²) in [5, 5.41) is 3.18. The van der Waals surface area contributed by atoms with Gasteiger partial charge >= 0.3 is 6.03 Å². The van der Waals surface area contributed by atoms with E-state index in [2.05, 4.69) is 5.32 Å². The highest BCUT2D eigenvalue weighted by atomic mass is 35.5. The van der Waals surface area contributed by atoms with E-state index in [1.54, 1.807) is 37.3 Å². The number of imide groups is 1. The molecule has 1 aromatic carbocycles. The number of halogens is 1. The van der Waals surface area contributed by atoms with Crippen LogP contribution in [0.3, 0.4) is 0 Å². The number of hydrogen-bond acceptors (Lipinski definition) is 4. The molecule has 120 valence electrons. The molecule has 0 aliphatic carbocycles. The lowest BCUT2D eigenvalue weighted by Gasteiger charge is -2.19. The number of amides is 3. The summed E-state index contributed by atoms with van der Waals surface area (Å²) in [4.78, 5) is 26.1. The minimum Gasteiger partial charge on any atom is -0.496 e. The minimum atomic E-state index is -1.22. The number of ether oxygens (including phenoxy) is 1. The SMILES string of the molecule is COc1ccc(Cl)cc1CN1C(=O)NC(C)(c2ccco2)C1=O. The Kier molecular flexibility index (Phi) is 3.77. The fraction of sp³-hybridized carbons (Fsp3) is 0.250. The number of urea groups is 1. The minimum absolute atomic E-state index is 0.0602. The topological polar surface area (TPSA) is 71.8 Å². The molecule has 2 heterocycles. The molecule has 3 rings (SSSR count). The third-order valence-corrected chi connectivity index (χ3v) is 4.09. The van der Waals surface area contributed by atoms with Gasteiger partial charge in [0.15, 0.2) is 5.54 Å². The zero-order chi connectivity index (χ0) is 16.6. The number of benzene rings is 1. The van der Waals surface area contributed by atoms with Gasteiger partial charge in [-0.05, 0) is 37.3 Å². The van der Waals surface area contributed by atoms with Crippen molar-refractivity contribution in [3.05, 3.63) is 52.9 Å². The second kappa shape index (κ2) is 5.62. The van der Waals surface area contributed by atoms with E-state index in [9.17, 15) is 9.59 Å². The van der Waals surface area contributed by atoms with Crippen molar-refractivity contribution in [2.24, 2.45) is 0 Å². The van der Waals surface area contributed by atoms with E-state index in [-0.39, 0.29) is 12.5 Å². The maximum Gasteiger partial charge on any atom is 0.325 e. The maximum absolute atomic E-state index is 12.7. The molecule has 1 atom stereocenters. The standard InChI is InChI=1S/C16H15ClN2O4/c1-16(13-4-3-7-23-13)14(20)19(15(21)18-16)9-10-8-11(17)5-6-12(10)22-2/h3-8H,9H2,1-2H3,(H,18,21). The molecule has 1 unspecified atom stereocenters. The quantitative estimate of drug-likeness (QED) is 0.873. The van der Waals surface area contributed by atoms with Crippen LogP contribution in [0.15, 0.2) is 41.0 Å². The van der Waals surface area contributed by atoms with E-state index in [0.717, 1.165) is 4.90 Å². The van der Waals surface area contributed by atoms with Gasteiger partial charge in [-0.2, -0.15) is 0 Å². The second-order valence-electron chi connectivity index (χ2n) is 5.38. The van der Waals surface area contributed by atoms with Gasteiger partial charge < -0.3 is 14.5 Å². The van der Waals surface area contributed by atoms with Gasteiger partial charge in [0.1, 0.15) is 11.5 Å². The predicted octanol–water partition coefficient (Wildman–Crippen LogP) is 2.91. The van der Waals surface area contributed by atoms with Crippen LogP contribution in [-0.2, 0) is 16.9 Å². The highest BCUT2D eigenvalue weighted by Gasteiger charge is 2.51. The number of carbonyl (C=O) groups is 2. The second-order valence-corrected chi connectivity index (χ2v) is 5.82. The van der Waals surface area contributed by atoms with Crippen LogP contribution in [0.1, 0.15) is 18.2 Å². The molecule has 7 heteroatoms. The number of rotatable bonds is 4. The van der Waals surface area contributed by atoms with Crippen molar-refractivity contribution >= 4 is 23.5 Å². The molecule has 3 amide bonds. The monoisotopic (exact) mass is 334 g/mol.